The minimum absolute atomic E-state index is 0.323. The molecule has 1 fully saturated rings. The largest absolute Gasteiger partial charge is 0.494 e. The molecule has 156 valence electrons. The van der Waals surface area contributed by atoms with Crippen molar-refractivity contribution in [1.82, 2.24) is 4.98 Å². The number of carbonyl (C=O) groups is 1. The zero-order valence-corrected chi connectivity index (χ0v) is 17.6. The highest BCUT2D eigenvalue weighted by Crippen LogP contribution is 2.36. The van der Waals surface area contributed by atoms with Crippen LogP contribution < -0.4 is 9.64 Å². The van der Waals surface area contributed by atoms with Crippen molar-refractivity contribution in [3.8, 4) is 5.75 Å². The lowest BCUT2D eigenvalue weighted by molar-refractivity contribution is 0.0526. The van der Waals surface area contributed by atoms with Crippen molar-refractivity contribution >= 4 is 22.6 Å². The Labute approximate surface area is 177 Å². The summed E-state index contributed by atoms with van der Waals surface area (Å²) in [5, 5.41) is 0.932. The second-order valence-corrected chi connectivity index (χ2v) is 7.72. The van der Waals surface area contributed by atoms with Crippen LogP contribution in [0.15, 0.2) is 54.7 Å². The molecule has 0 spiro atoms. The van der Waals surface area contributed by atoms with Gasteiger partial charge >= 0.3 is 5.97 Å². The molecule has 3 aromatic rings. The number of hydrogen-bond donors (Lipinski definition) is 0. The third-order valence-corrected chi connectivity index (χ3v) is 5.85. The lowest BCUT2D eigenvalue weighted by atomic mass is 9.89. The second-order valence-electron chi connectivity index (χ2n) is 7.72. The van der Waals surface area contributed by atoms with E-state index < -0.39 is 0 Å². The highest BCUT2D eigenvalue weighted by molar-refractivity contribution is 6.06. The molecule has 5 nitrogen and oxygen atoms in total. The Morgan fingerprint density at radius 3 is 2.57 bits per heavy atom. The average molecular weight is 405 g/mol. The van der Waals surface area contributed by atoms with Gasteiger partial charge in [-0.3, -0.25) is 4.98 Å². The number of anilines is 1. The van der Waals surface area contributed by atoms with Crippen molar-refractivity contribution in [2.45, 2.75) is 26.2 Å². The Kier molecular flexibility index (Phi) is 6.17. The average Bonchev–Trinajstić information content (AvgIpc) is 2.79. The van der Waals surface area contributed by atoms with Gasteiger partial charge in [-0.15, -0.1) is 0 Å². The molecule has 0 amide bonds. The van der Waals surface area contributed by atoms with Crippen LogP contribution in [-0.2, 0) is 11.2 Å². The smallest absolute Gasteiger partial charge is 0.341 e. The van der Waals surface area contributed by atoms with Crippen molar-refractivity contribution in [3.63, 3.8) is 0 Å². The Balaban J connectivity index is 1.63. The summed E-state index contributed by atoms with van der Waals surface area (Å²) in [5.74, 6) is 1.04. The molecule has 0 radical (unpaired) electrons. The molecule has 4 rings (SSSR count). The van der Waals surface area contributed by atoms with Crippen LogP contribution in [0.3, 0.4) is 0 Å². The van der Waals surface area contributed by atoms with Crippen LogP contribution in [0, 0.1) is 5.92 Å². The molecule has 1 saturated heterocycles. The Bertz CT molecular complexity index is 1010. The summed E-state index contributed by atoms with van der Waals surface area (Å²) in [6.45, 7) is 3.97. The van der Waals surface area contributed by atoms with Gasteiger partial charge in [0.2, 0.25) is 0 Å². The molecule has 0 unspecified atom stereocenters. The van der Waals surface area contributed by atoms with Crippen LogP contribution >= 0.6 is 0 Å². The van der Waals surface area contributed by atoms with E-state index in [0.717, 1.165) is 48.9 Å². The van der Waals surface area contributed by atoms with Gasteiger partial charge in [0.05, 0.1) is 19.4 Å². The molecule has 0 aliphatic carbocycles. The van der Waals surface area contributed by atoms with E-state index in [-0.39, 0.29) is 5.97 Å². The van der Waals surface area contributed by atoms with Crippen LogP contribution in [0.25, 0.3) is 10.9 Å². The zero-order chi connectivity index (χ0) is 20.9. The van der Waals surface area contributed by atoms with E-state index >= 15 is 0 Å². The minimum Gasteiger partial charge on any atom is -0.494 e. The first-order valence-corrected chi connectivity index (χ1v) is 10.6. The zero-order valence-electron chi connectivity index (χ0n) is 17.6. The third kappa shape index (κ3) is 4.11. The van der Waals surface area contributed by atoms with Crippen LogP contribution in [0.1, 0.15) is 35.7 Å². The second kappa shape index (κ2) is 9.16. The first kappa shape index (κ1) is 20.2. The maximum absolute atomic E-state index is 12.7. The number of hydrogen-bond acceptors (Lipinski definition) is 5. The maximum atomic E-state index is 12.7. The van der Waals surface area contributed by atoms with E-state index in [9.17, 15) is 4.79 Å². The molecule has 5 heteroatoms. The van der Waals surface area contributed by atoms with Crippen molar-refractivity contribution in [3.05, 3.63) is 65.9 Å². The molecule has 0 bridgehead atoms. The first-order valence-electron chi connectivity index (χ1n) is 10.6. The van der Waals surface area contributed by atoms with Crippen LogP contribution in [0.5, 0.6) is 5.75 Å². The van der Waals surface area contributed by atoms with E-state index in [4.69, 9.17) is 9.47 Å². The number of ether oxygens (including phenoxy) is 2. The van der Waals surface area contributed by atoms with E-state index in [1.54, 1.807) is 13.3 Å². The van der Waals surface area contributed by atoms with Gasteiger partial charge in [0.25, 0.3) is 0 Å². The molecule has 0 saturated carbocycles. The number of para-hydroxylation sites is 1. The topological polar surface area (TPSA) is 51.7 Å². The lowest BCUT2D eigenvalue weighted by Gasteiger charge is -2.35. The van der Waals surface area contributed by atoms with Crippen molar-refractivity contribution in [1.29, 1.82) is 0 Å². The fraction of sp³-hybridized carbons (Fsp3) is 0.360. The molecule has 2 heterocycles. The molecular weight excluding hydrogens is 376 g/mol. The highest BCUT2D eigenvalue weighted by Gasteiger charge is 2.26. The number of methoxy groups -OCH3 is 1. The van der Waals surface area contributed by atoms with E-state index in [1.165, 1.54) is 5.56 Å². The summed E-state index contributed by atoms with van der Waals surface area (Å²) < 4.78 is 10.8. The van der Waals surface area contributed by atoms with Gasteiger partial charge in [0, 0.05) is 24.7 Å². The standard InChI is InChI=1S/C25H28N2O3/c1-3-30-25(28)21-17-26-23-20(10-7-11-22(23)29-2)24(21)27-14-12-19(13-15-27)16-18-8-5-4-6-9-18/h4-11,17,19H,3,12-16H2,1-2H3. The van der Waals surface area contributed by atoms with Crippen LogP contribution in [0.2, 0.25) is 0 Å². The van der Waals surface area contributed by atoms with Crippen molar-refractivity contribution in [2.24, 2.45) is 5.92 Å². The number of pyridine rings is 1. The molecule has 1 aliphatic rings. The number of fused-ring (bicyclic) bond motifs is 1. The number of carbonyl (C=O) groups excluding carboxylic acids is 1. The van der Waals surface area contributed by atoms with Crippen LogP contribution in [0.4, 0.5) is 5.69 Å². The summed E-state index contributed by atoms with van der Waals surface area (Å²) in [5.41, 5.74) is 3.60. The number of benzene rings is 2. The first-order chi connectivity index (χ1) is 14.7. The predicted molar refractivity (Wildman–Crippen MR) is 119 cm³/mol. The molecule has 2 aromatic carbocycles. The fourth-order valence-corrected chi connectivity index (χ4v) is 4.35. The third-order valence-electron chi connectivity index (χ3n) is 5.85. The monoisotopic (exact) mass is 404 g/mol. The molecule has 0 N–H and O–H groups in total. The highest BCUT2D eigenvalue weighted by atomic mass is 16.5. The molecular formula is C25H28N2O3. The Morgan fingerprint density at radius 2 is 1.87 bits per heavy atom. The van der Waals surface area contributed by atoms with Gasteiger partial charge in [-0.25, -0.2) is 4.79 Å². The minimum atomic E-state index is -0.323. The molecule has 1 aliphatic heterocycles. The summed E-state index contributed by atoms with van der Waals surface area (Å²) >= 11 is 0. The summed E-state index contributed by atoms with van der Waals surface area (Å²) in [4.78, 5) is 19.5. The van der Waals surface area contributed by atoms with Gasteiger partial charge in [-0.1, -0.05) is 42.5 Å². The number of piperidine rings is 1. The molecule has 1 aromatic heterocycles. The van der Waals surface area contributed by atoms with Gasteiger partial charge in [-0.2, -0.15) is 0 Å². The van der Waals surface area contributed by atoms with E-state index in [1.807, 2.05) is 25.1 Å². The number of aromatic nitrogens is 1. The summed E-state index contributed by atoms with van der Waals surface area (Å²) in [6, 6.07) is 16.5. The Hall–Kier alpha value is -3.08. The quantitative estimate of drug-likeness (QED) is 0.548. The van der Waals surface area contributed by atoms with Gasteiger partial charge in [0.15, 0.2) is 0 Å². The normalized spacial score (nSPS) is 14.7. The van der Waals surface area contributed by atoms with E-state index in [2.05, 4.69) is 40.2 Å². The van der Waals surface area contributed by atoms with Crippen molar-refractivity contribution in [2.75, 3.05) is 31.7 Å². The van der Waals surface area contributed by atoms with Gasteiger partial charge < -0.3 is 14.4 Å². The van der Waals surface area contributed by atoms with E-state index in [0.29, 0.717) is 23.8 Å². The maximum Gasteiger partial charge on any atom is 0.341 e. The lowest BCUT2D eigenvalue weighted by Crippen LogP contribution is -2.35. The number of rotatable bonds is 6. The number of nitrogens with zero attached hydrogens (tertiary/aromatic N) is 2. The van der Waals surface area contributed by atoms with Crippen LogP contribution in [-0.4, -0.2) is 37.8 Å². The summed E-state index contributed by atoms with van der Waals surface area (Å²) in [6.07, 6.45) is 4.91. The van der Waals surface area contributed by atoms with Gasteiger partial charge in [0.1, 0.15) is 16.8 Å². The summed E-state index contributed by atoms with van der Waals surface area (Å²) in [7, 11) is 1.64. The Morgan fingerprint density at radius 1 is 1.10 bits per heavy atom. The molecule has 0 atom stereocenters. The van der Waals surface area contributed by atoms with Crippen molar-refractivity contribution < 1.29 is 14.3 Å². The van der Waals surface area contributed by atoms with Gasteiger partial charge in [-0.05, 0) is 43.7 Å². The number of esters is 1. The molecule has 30 heavy (non-hydrogen) atoms. The predicted octanol–water partition coefficient (Wildman–Crippen LogP) is 4.88. The SMILES string of the molecule is CCOC(=O)c1cnc2c(OC)cccc2c1N1CCC(Cc2ccccc2)CC1. The fourth-order valence-electron chi connectivity index (χ4n) is 4.35.